The lowest BCUT2D eigenvalue weighted by Crippen LogP contribution is -2.21. The summed E-state index contributed by atoms with van der Waals surface area (Å²) in [4.78, 5) is 3.29. The van der Waals surface area contributed by atoms with Gasteiger partial charge >= 0.3 is 0 Å². The second-order valence-electron chi connectivity index (χ2n) is 5.70. The fourth-order valence-corrected chi connectivity index (χ4v) is 4.50. The normalized spacial score (nSPS) is 22.8. The van der Waals surface area contributed by atoms with Crippen molar-refractivity contribution < 1.29 is 8.95 Å². The average molecular weight is 324 g/mol. The lowest BCUT2D eigenvalue weighted by Gasteiger charge is -2.23. The summed E-state index contributed by atoms with van der Waals surface area (Å²) < 4.78 is 20.3. The van der Waals surface area contributed by atoms with Crippen LogP contribution in [0.1, 0.15) is 32.7 Å². The zero-order valence-electron chi connectivity index (χ0n) is 12.3. The van der Waals surface area contributed by atoms with Crippen LogP contribution in [0.15, 0.2) is 18.2 Å². The molecule has 6 heteroatoms. The maximum atomic E-state index is 11.6. The molecule has 0 saturated carbocycles. The Morgan fingerprint density at radius 2 is 2.10 bits per heavy atom. The molecule has 3 rings (SSSR count). The zero-order chi connectivity index (χ0) is 15.0. The molecule has 1 fully saturated rings. The quantitative estimate of drug-likeness (QED) is 0.878. The summed E-state index contributed by atoms with van der Waals surface area (Å²) in [5, 5.41) is 0. The van der Waals surface area contributed by atoms with Crippen LogP contribution in [-0.4, -0.2) is 31.4 Å². The first-order valence-corrected chi connectivity index (χ1v) is 9.20. The zero-order valence-corrected chi connectivity index (χ0v) is 13.9. The molecule has 2 heterocycles. The fourth-order valence-electron chi connectivity index (χ4n) is 2.88. The average Bonchev–Trinajstić information content (AvgIpc) is 2.77. The van der Waals surface area contributed by atoms with Crippen LogP contribution in [-0.2, 0) is 10.8 Å². The van der Waals surface area contributed by atoms with Crippen molar-refractivity contribution in [1.29, 1.82) is 0 Å². The van der Waals surface area contributed by atoms with Gasteiger partial charge in [-0.2, -0.15) is 0 Å². The summed E-state index contributed by atoms with van der Waals surface area (Å²) in [7, 11) is -0.657. The lowest BCUT2D eigenvalue weighted by atomic mass is 10.1. The molecule has 1 aromatic heterocycles. The number of rotatable bonds is 3. The van der Waals surface area contributed by atoms with E-state index in [-0.39, 0.29) is 6.10 Å². The Hall–Kier alpha value is -1.14. The maximum absolute atomic E-state index is 11.6. The molecule has 4 nitrogen and oxygen atoms in total. The summed E-state index contributed by atoms with van der Waals surface area (Å²) in [5.41, 5.74) is 2.04. The van der Waals surface area contributed by atoms with Gasteiger partial charge in [0.2, 0.25) is 0 Å². The van der Waals surface area contributed by atoms with Crippen LogP contribution >= 0.6 is 12.2 Å². The number of imidazole rings is 1. The summed E-state index contributed by atoms with van der Waals surface area (Å²) in [6.45, 7) is 4.03. The third kappa shape index (κ3) is 2.92. The molecule has 1 aliphatic rings. The Bertz CT molecular complexity index is 723. The van der Waals surface area contributed by atoms with Gasteiger partial charge in [0.15, 0.2) is 4.77 Å². The van der Waals surface area contributed by atoms with E-state index in [0.29, 0.717) is 6.04 Å². The highest BCUT2D eigenvalue weighted by molar-refractivity contribution is 7.85. The van der Waals surface area contributed by atoms with Crippen molar-refractivity contribution in [3.63, 3.8) is 0 Å². The van der Waals surface area contributed by atoms with Crippen molar-refractivity contribution in [2.45, 2.75) is 38.8 Å². The molecule has 0 amide bonds. The molecule has 0 spiro atoms. The first-order chi connectivity index (χ1) is 10.1. The summed E-state index contributed by atoms with van der Waals surface area (Å²) in [6, 6.07) is 6.37. The molecule has 2 aromatic rings. The predicted octanol–water partition coefficient (Wildman–Crippen LogP) is 3.57. The van der Waals surface area contributed by atoms with E-state index in [9.17, 15) is 4.21 Å². The van der Waals surface area contributed by atoms with Crippen LogP contribution in [0.4, 0.5) is 0 Å². The molecule has 114 valence electrons. The molecule has 0 atom stereocenters. The van der Waals surface area contributed by atoms with Crippen LogP contribution in [0.2, 0.25) is 0 Å². The number of aromatic amines is 1. The highest BCUT2D eigenvalue weighted by Crippen LogP contribution is 2.31. The second kappa shape index (κ2) is 5.93. The van der Waals surface area contributed by atoms with E-state index in [4.69, 9.17) is 17.0 Å². The Morgan fingerprint density at radius 1 is 1.38 bits per heavy atom. The van der Waals surface area contributed by atoms with E-state index in [2.05, 4.69) is 15.6 Å². The van der Waals surface area contributed by atoms with E-state index in [1.54, 1.807) is 0 Å². The maximum Gasteiger partial charge on any atom is 0.178 e. The number of benzene rings is 1. The molecule has 0 radical (unpaired) electrons. The Labute approximate surface area is 132 Å². The molecule has 0 bridgehead atoms. The number of hydrogen-bond acceptors (Lipinski definition) is 3. The summed E-state index contributed by atoms with van der Waals surface area (Å²) in [5.74, 6) is 2.37. The molecule has 0 unspecified atom stereocenters. The molecular weight excluding hydrogens is 304 g/mol. The largest absolute Gasteiger partial charge is 0.489 e. The standard InChI is InChI=1S/C15H20N2O2S2/c1-10(2)19-13-5-3-4-12-14(13)16-15(20)17(12)11-6-8-21(18)9-7-11/h3-5,10-11H,6-9H2,1-2H3,(H,16,20). The van der Waals surface area contributed by atoms with E-state index in [0.717, 1.165) is 45.9 Å². The number of hydrogen-bond donors (Lipinski definition) is 1. The van der Waals surface area contributed by atoms with Crippen molar-refractivity contribution in [3.8, 4) is 5.75 Å². The van der Waals surface area contributed by atoms with E-state index >= 15 is 0 Å². The van der Waals surface area contributed by atoms with Crippen LogP contribution in [0, 0.1) is 4.77 Å². The minimum absolute atomic E-state index is 0.123. The van der Waals surface area contributed by atoms with Gasteiger partial charge in [-0.05, 0) is 51.0 Å². The number of nitrogens with one attached hydrogen (secondary N) is 1. The lowest BCUT2D eigenvalue weighted by molar-refractivity contribution is 0.245. The van der Waals surface area contributed by atoms with Crippen LogP contribution < -0.4 is 4.74 Å². The first kappa shape index (κ1) is 14.8. The van der Waals surface area contributed by atoms with Crippen LogP contribution in [0.5, 0.6) is 5.75 Å². The molecule has 1 saturated heterocycles. The molecule has 0 aliphatic carbocycles. The molecular formula is C15H20N2O2S2. The van der Waals surface area contributed by atoms with Crippen molar-refractivity contribution >= 4 is 34.1 Å². The highest BCUT2D eigenvalue weighted by atomic mass is 32.2. The number of H-pyrrole nitrogens is 1. The van der Waals surface area contributed by atoms with Crippen molar-refractivity contribution in [1.82, 2.24) is 9.55 Å². The van der Waals surface area contributed by atoms with Crippen molar-refractivity contribution in [2.24, 2.45) is 0 Å². The van der Waals surface area contributed by atoms with E-state index in [1.165, 1.54) is 0 Å². The monoisotopic (exact) mass is 324 g/mol. The van der Waals surface area contributed by atoms with Crippen LogP contribution in [0.3, 0.4) is 0 Å². The van der Waals surface area contributed by atoms with Gasteiger partial charge in [0.05, 0.1) is 11.6 Å². The van der Waals surface area contributed by atoms with Gasteiger partial charge in [-0.15, -0.1) is 0 Å². The van der Waals surface area contributed by atoms with Gasteiger partial charge < -0.3 is 14.3 Å². The molecule has 21 heavy (non-hydrogen) atoms. The van der Waals surface area contributed by atoms with Gasteiger partial charge in [0.1, 0.15) is 11.3 Å². The first-order valence-electron chi connectivity index (χ1n) is 7.31. The van der Waals surface area contributed by atoms with Crippen molar-refractivity contribution in [2.75, 3.05) is 11.5 Å². The minimum atomic E-state index is -0.657. The molecule has 1 aromatic carbocycles. The van der Waals surface area contributed by atoms with Gasteiger partial charge in [-0.1, -0.05) is 6.07 Å². The van der Waals surface area contributed by atoms with Crippen LogP contribution in [0.25, 0.3) is 11.0 Å². The topological polar surface area (TPSA) is 47.0 Å². The third-order valence-electron chi connectivity index (χ3n) is 3.80. The number of nitrogens with zero attached hydrogens (tertiary/aromatic N) is 1. The Kier molecular flexibility index (Phi) is 4.17. The molecule has 1 N–H and O–H groups in total. The summed E-state index contributed by atoms with van der Waals surface area (Å²) in [6.07, 6.45) is 1.96. The third-order valence-corrected chi connectivity index (χ3v) is 5.48. The minimum Gasteiger partial charge on any atom is -0.489 e. The highest BCUT2D eigenvalue weighted by Gasteiger charge is 2.22. The van der Waals surface area contributed by atoms with E-state index in [1.807, 2.05) is 26.0 Å². The van der Waals surface area contributed by atoms with Gasteiger partial charge in [-0.25, -0.2) is 0 Å². The van der Waals surface area contributed by atoms with Crippen molar-refractivity contribution in [3.05, 3.63) is 23.0 Å². The number of ether oxygens (including phenoxy) is 1. The Morgan fingerprint density at radius 3 is 2.76 bits per heavy atom. The molecule has 1 aliphatic heterocycles. The predicted molar refractivity (Wildman–Crippen MR) is 89.0 cm³/mol. The van der Waals surface area contributed by atoms with Gasteiger partial charge in [-0.3, -0.25) is 4.21 Å². The number of para-hydroxylation sites is 1. The van der Waals surface area contributed by atoms with Gasteiger partial charge in [0.25, 0.3) is 0 Å². The number of aromatic nitrogens is 2. The summed E-state index contributed by atoms with van der Waals surface area (Å²) >= 11 is 5.51. The second-order valence-corrected chi connectivity index (χ2v) is 7.78. The number of fused-ring (bicyclic) bond motifs is 1. The van der Waals surface area contributed by atoms with Gasteiger partial charge in [0, 0.05) is 28.3 Å². The SMILES string of the molecule is CC(C)Oc1cccc2c1[nH]c(=S)n2C1CCS(=O)CC1. The smallest absolute Gasteiger partial charge is 0.178 e. The van der Waals surface area contributed by atoms with E-state index < -0.39 is 10.8 Å². The fraction of sp³-hybridized carbons (Fsp3) is 0.533. The Balaban J connectivity index is 2.05.